The number of Topliss-reactive ketones (excluding diaryl/α,β-unsaturated/α-hetero) is 1. The number of imide groups is 1. The average molecular weight is 261 g/mol. The summed E-state index contributed by atoms with van der Waals surface area (Å²) in [6.45, 7) is 0.602. The highest BCUT2D eigenvalue weighted by molar-refractivity contribution is 6.03. The topological polar surface area (TPSA) is 92.5 Å². The number of nitrogens with one attached hydrogen (secondary N) is 1. The van der Waals surface area contributed by atoms with Crippen molar-refractivity contribution in [3.63, 3.8) is 0 Å². The molecule has 0 radical (unpaired) electrons. The van der Waals surface area contributed by atoms with E-state index in [1.54, 1.807) is 29.2 Å². The Morgan fingerprint density at radius 1 is 1.16 bits per heavy atom. The van der Waals surface area contributed by atoms with E-state index in [0.717, 1.165) is 5.69 Å². The van der Waals surface area contributed by atoms with Crippen LogP contribution in [0.25, 0.3) is 0 Å². The minimum absolute atomic E-state index is 0.0125. The van der Waals surface area contributed by atoms with Crippen molar-refractivity contribution in [2.75, 3.05) is 24.5 Å². The van der Waals surface area contributed by atoms with Gasteiger partial charge >= 0.3 is 0 Å². The van der Waals surface area contributed by atoms with E-state index in [9.17, 15) is 14.4 Å². The number of carbonyl (C=O) groups is 3. The van der Waals surface area contributed by atoms with Crippen molar-refractivity contribution in [3.05, 3.63) is 29.8 Å². The second-order valence-electron chi connectivity index (χ2n) is 4.34. The van der Waals surface area contributed by atoms with Crippen molar-refractivity contribution in [3.8, 4) is 0 Å². The van der Waals surface area contributed by atoms with E-state index in [1.807, 2.05) is 0 Å². The highest BCUT2D eigenvalue weighted by atomic mass is 16.2. The highest BCUT2D eigenvalue weighted by Gasteiger charge is 2.22. The van der Waals surface area contributed by atoms with Crippen molar-refractivity contribution >= 4 is 23.3 Å². The van der Waals surface area contributed by atoms with Gasteiger partial charge in [0.05, 0.1) is 13.1 Å². The molecule has 0 saturated carbocycles. The molecule has 0 aromatic heterocycles. The van der Waals surface area contributed by atoms with Gasteiger partial charge in [-0.2, -0.15) is 0 Å². The number of anilines is 1. The van der Waals surface area contributed by atoms with Crippen LogP contribution in [0, 0.1) is 0 Å². The third kappa shape index (κ3) is 3.17. The lowest BCUT2D eigenvalue weighted by Crippen LogP contribution is -2.51. The second-order valence-corrected chi connectivity index (χ2v) is 4.34. The zero-order valence-electron chi connectivity index (χ0n) is 10.4. The number of benzene rings is 1. The number of carbonyl (C=O) groups excluding carboxylic acids is 3. The summed E-state index contributed by atoms with van der Waals surface area (Å²) in [7, 11) is 0. The van der Waals surface area contributed by atoms with Gasteiger partial charge in [0.1, 0.15) is 0 Å². The molecule has 0 atom stereocenters. The van der Waals surface area contributed by atoms with E-state index < -0.39 is 0 Å². The lowest BCUT2D eigenvalue weighted by atomic mass is 10.1. The fourth-order valence-corrected chi connectivity index (χ4v) is 1.95. The van der Waals surface area contributed by atoms with Gasteiger partial charge in [0.15, 0.2) is 5.78 Å². The Morgan fingerprint density at radius 2 is 1.74 bits per heavy atom. The highest BCUT2D eigenvalue weighted by Crippen LogP contribution is 2.17. The molecule has 1 aliphatic rings. The van der Waals surface area contributed by atoms with E-state index in [-0.39, 0.29) is 30.7 Å². The first-order valence-electron chi connectivity index (χ1n) is 6.01. The molecule has 100 valence electrons. The molecule has 6 nitrogen and oxygen atoms in total. The van der Waals surface area contributed by atoms with Gasteiger partial charge in [-0.1, -0.05) is 0 Å². The van der Waals surface area contributed by atoms with Gasteiger partial charge in [0, 0.05) is 17.7 Å². The Morgan fingerprint density at radius 3 is 2.26 bits per heavy atom. The molecular formula is C13H15N3O3. The number of hydrogen-bond acceptors (Lipinski definition) is 5. The maximum atomic E-state index is 11.6. The van der Waals surface area contributed by atoms with Gasteiger partial charge < -0.3 is 10.6 Å². The normalized spacial score (nSPS) is 15.3. The summed E-state index contributed by atoms with van der Waals surface area (Å²) in [6.07, 6.45) is 0.309. The van der Waals surface area contributed by atoms with Crippen LogP contribution < -0.4 is 16.0 Å². The van der Waals surface area contributed by atoms with Crippen LogP contribution in [0.5, 0.6) is 0 Å². The predicted molar refractivity (Wildman–Crippen MR) is 69.8 cm³/mol. The third-order valence-corrected chi connectivity index (χ3v) is 2.87. The predicted octanol–water partition coefficient (Wildman–Crippen LogP) is -0.319. The Balaban J connectivity index is 2.11. The van der Waals surface area contributed by atoms with Gasteiger partial charge in [-0.05, 0) is 30.8 Å². The van der Waals surface area contributed by atoms with E-state index in [0.29, 0.717) is 18.5 Å². The zero-order valence-corrected chi connectivity index (χ0v) is 10.4. The largest absolute Gasteiger partial charge is 0.353 e. The summed E-state index contributed by atoms with van der Waals surface area (Å²) in [5.41, 5.74) is 6.66. The summed E-state index contributed by atoms with van der Waals surface area (Å²) in [5, 5.41) is 2.24. The molecule has 2 rings (SSSR count). The molecule has 1 fully saturated rings. The molecule has 1 aliphatic heterocycles. The SMILES string of the molecule is NCCC(=O)c1ccc(N2CC(=O)NC(=O)C2)cc1. The Labute approximate surface area is 110 Å². The first kappa shape index (κ1) is 13.2. The number of ketones is 1. The van der Waals surface area contributed by atoms with Gasteiger partial charge in [0.2, 0.25) is 11.8 Å². The molecule has 0 unspecified atom stereocenters. The first-order valence-corrected chi connectivity index (χ1v) is 6.01. The summed E-state index contributed by atoms with van der Waals surface area (Å²) in [4.78, 5) is 35.8. The summed E-state index contributed by atoms with van der Waals surface area (Å²) in [5.74, 6) is -0.652. The molecule has 6 heteroatoms. The molecule has 19 heavy (non-hydrogen) atoms. The summed E-state index contributed by atoms with van der Waals surface area (Å²) >= 11 is 0. The Hall–Kier alpha value is -2.21. The lowest BCUT2D eigenvalue weighted by molar-refractivity contribution is -0.130. The van der Waals surface area contributed by atoms with E-state index in [4.69, 9.17) is 5.73 Å². The van der Waals surface area contributed by atoms with Crippen molar-refractivity contribution in [1.29, 1.82) is 0 Å². The molecule has 1 aromatic rings. The van der Waals surface area contributed by atoms with Crippen LogP contribution in [0.15, 0.2) is 24.3 Å². The number of piperazine rings is 1. The van der Waals surface area contributed by atoms with Crippen LogP contribution in [0.4, 0.5) is 5.69 Å². The van der Waals surface area contributed by atoms with Gasteiger partial charge in [-0.3, -0.25) is 19.7 Å². The monoisotopic (exact) mass is 261 g/mol. The molecule has 3 N–H and O–H groups in total. The van der Waals surface area contributed by atoms with Gasteiger partial charge in [0.25, 0.3) is 0 Å². The minimum atomic E-state index is -0.320. The number of hydrogen-bond donors (Lipinski definition) is 2. The molecule has 0 aliphatic carbocycles. The van der Waals surface area contributed by atoms with Gasteiger partial charge in [-0.15, -0.1) is 0 Å². The number of rotatable bonds is 4. The van der Waals surface area contributed by atoms with Crippen LogP contribution in [0.3, 0.4) is 0 Å². The summed E-state index contributed by atoms with van der Waals surface area (Å²) < 4.78 is 0. The average Bonchev–Trinajstić information content (AvgIpc) is 2.38. The van der Waals surface area contributed by atoms with Crippen LogP contribution in [0.1, 0.15) is 16.8 Å². The number of amides is 2. The molecular weight excluding hydrogens is 246 g/mol. The molecule has 0 bridgehead atoms. The molecule has 2 amide bonds. The quantitative estimate of drug-likeness (QED) is 0.572. The van der Waals surface area contributed by atoms with Crippen molar-refractivity contribution in [2.45, 2.75) is 6.42 Å². The van der Waals surface area contributed by atoms with Gasteiger partial charge in [-0.25, -0.2) is 0 Å². The van der Waals surface area contributed by atoms with Crippen LogP contribution in [-0.4, -0.2) is 37.2 Å². The first-order chi connectivity index (χ1) is 9.10. The zero-order chi connectivity index (χ0) is 13.8. The minimum Gasteiger partial charge on any atom is -0.353 e. The molecule has 0 spiro atoms. The fraction of sp³-hybridized carbons (Fsp3) is 0.308. The number of nitrogens with zero attached hydrogens (tertiary/aromatic N) is 1. The van der Waals surface area contributed by atoms with E-state index in [1.165, 1.54) is 0 Å². The number of nitrogens with two attached hydrogens (primary N) is 1. The van der Waals surface area contributed by atoms with Crippen LogP contribution in [-0.2, 0) is 9.59 Å². The molecule has 1 heterocycles. The maximum absolute atomic E-state index is 11.6. The summed E-state index contributed by atoms with van der Waals surface area (Å²) in [6, 6.07) is 6.83. The smallest absolute Gasteiger partial charge is 0.246 e. The third-order valence-electron chi connectivity index (χ3n) is 2.87. The standard InChI is InChI=1S/C13H15N3O3/c14-6-5-11(17)9-1-3-10(4-2-9)16-7-12(18)15-13(19)8-16/h1-4H,5-8,14H2,(H,15,18,19). The molecule has 1 saturated heterocycles. The van der Waals surface area contributed by atoms with E-state index >= 15 is 0 Å². The Bertz CT molecular complexity index is 494. The second kappa shape index (κ2) is 5.62. The van der Waals surface area contributed by atoms with E-state index in [2.05, 4.69) is 5.32 Å². The van der Waals surface area contributed by atoms with Crippen molar-refractivity contribution < 1.29 is 14.4 Å². The Kier molecular flexibility index (Phi) is 3.91. The fourth-order valence-electron chi connectivity index (χ4n) is 1.95. The molecule has 1 aromatic carbocycles. The lowest BCUT2D eigenvalue weighted by Gasteiger charge is -2.27. The van der Waals surface area contributed by atoms with Crippen molar-refractivity contribution in [2.24, 2.45) is 5.73 Å². The van der Waals surface area contributed by atoms with Crippen LogP contribution in [0.2, 0.25) is 0 Å². The van der Waals surface area contributed by atoms with Crippen molar-refractivity contribution in [1.82, 2.24) is 5.32 Å². The maximum Gasteiger partial charge on any atom is 0.246 e. The van der Waals surface area contributed by atoms with Crippen LogP contribution >= 0.6 is 0 Å².